The van der Waals surface area contributed by atoms with Gasteiger partial charge in [-0.15, -0.1) is 0 Å². The third kappa shape index (κ3) is 7.27. The van der Waals surface area contributed by atoms with Crippen LogP contribution < -0.4 is 10.2 Å². The molecule has 0 spiro atoms. The first-order chi connectivity index (χ1) is 20.5. The molecule has 230 valence electrons. The van der Waals surface area contributed by atoms with Crippen LogP contribution in [-0.4, -0.2) is 87.7 Å². The van der Waals surface area contributed by atoms with E-state index in [0.717, 1.165) is 56.0 Å². The van der Waals surface area contributed by atoms with Gasteiger partial charge in [0.25, 0.3) is 0 Å². The summed E-state index contributed by atoms with van der Waals surface area (Å²) >= 11 is 0. The maximum absolute atomic E-state index is 13.1. The van der Waals surface area contributed by atoms with Gasteiger partial charge in [-0.25, -0.2) is 15.0 Å². The Morgan fingerprint density at radius 3 is 2.14 bits per heavy atom. The summed E-state index contributed by atoms with van der Waals surface area (Å²) in [5, 5.41) is 3.50. The van der Waals surface area contributed by atoms with Gasteiger partial charge >= 0.3 is 6.18 Å². The standard InChI is InChI=1S/C32H41F3N8/c1-22(2)43(23(3)4)15-14-36-30-28-31(42(21-37-28)20-24-6-10-26(11-7-24)32(33,34)35)39-29(38-30)25-8-12-27(13-9-25)41-18-16-40(5)17-19-41/h6-13,21-23H,14-20H2,1-5H3,(H,36,38,39). The highest BCUT2D eigenvalue weighted by atomic mass is 19.4. The van der Waals surface area contributed by atoms with Crippen molar-refractivity contribution in [3.63, 3.8) is 0 Å². The Morgan fingerprint density at radius 1 is 0.884 bits per heavy atom. The fourth-order valence-electron chi connectivity index (χ4n) is 5.61. The van der Waals surface area contributed by atoms with Crippen molar-refractivity contribution in [3.05, 3.63) is 66.0 Å². The van der Waals surface area contributed by atoms with E-state index in [1.165, 1.54) is 17.8 Å². The molecule has 0 aliphatic carbocycles. The number of nitrogens with one attached hydrogen (secondary N) is 1. The highest BCUT2D eigenvalue weighted by molar-refractivity contribution is 5.85. The molecule has 2 aromatic carbocycles. The first-order valence-electron chi connectivity index (χ1n) is 14.9. The number of fused-ring (bicyclic) bond motifs is 1. The highest BCUT2D eigenvalue weighted by Crippen LogP contribution is 2.30. The van der Waals surface area contributed by atoms with E-state index in [0.29, 0.717) is 48.0 Å². The summed E-state index contributed by atoms with van der Waals surface area (Å²) in [4.78, 5) is 21.6. The SMILES string of the molecule is CC(C)N(CCNc1nc(-c2ccc(N3CCN(C)CC3)cc2)nc2c1ncn2Cc1ccc(C(F)(F)F)cc1)C(C)C. The van der Waals surface area contributed by atoms with Gasteiger partial charge in [-0.3, -0.25) is 4.90 Å². The number of nitrogens with zero attached hydrogens (tertiary/aromatic N) is 7. The summed E-state index contributed by atoms with van der Waals surface area (Å²) in [5.41, 5.74) is 3.37. The minimum Gasteiger partial charge on any atom is -0.369 e. The van der Waals surface area contributed by atoms with E-state index < -0.39 is 11.7 Å². The summed E-state index contributed by atoms with van der Waals surface area (Å²) in [7, 11) is 2.14. The zero-order valence-electron chi connectivity index (χ0n) is 25.6. The summed E-state index contributed by atoms with van der Waals surface area (Å²) < 4.78 is 41.1. The zero-order valence-corrected chi connectivity index (χ0v) is 25.6. The van der Waals surface area contributed by atoms with Crippen LogP contribution in [0.15, 0.2) is 54.9 Å². The predicted octanol–water partition coefficient (Wildman–Crippen LogP) is 5.84. The maximum atomic E-state index is 13.1. The molecule has 2 aromatic heterocycles. The van der Waals surface area contributed by atoms with Gasteiger partial charge in [0.1, 0.15) is 5.52 Å². The van der Waals surface area contributed by atoms with E-state index in [1.807, 2.05) is 4.57 Å². The van der Waals surface area contributed by atoms with Crippen molar-refractivity contribution in [2.75, 3.05) is 56.5 Å². The molecule has 0 amide bonds. The number of likely N-dealkylation sites (N-methyl/N-ethyl adjacent to an activating group) is 1. The lowest BCUT2D eigenvalue weighted by Gasteiger charge is -2.34. The lowest BCUT2D eigenvalue weighted by Crippen LogP contribution is -2.44. The quantitative estimate of drug-likeness (QED) is 0.247. The molecule has 1 aliphatic heterocycles. The summed E-state index contributed by atoms with van der Waals surface area (Å²) in [5.74, 6) is 1.21. The fourth-order valence-corrected chi connectivity index (χ4v) is 5.61. The van der Waals surface area contributed by atoms with Crippen LogP contribution in [0, 0.1) is 0 Å². The molecule has 1 saturated heterocycles. The van der Waals surface area contributed by atoms with Crippen LogP contribution in [0.2, 0.25) is 0 Å². The highest BCUT2D eigenvalue weighted by Gasteiger charge is 2.30. The molecule has 1 N–H and O–H groups in total. The minimum atomic E-state index is -4.37. The third-order valence-electron chi connectivity index (χ3n) is 8.08. The van der Waals surface area contributed by atoms with E-state index in [-0.39, 0.29) is 0 Å². The van der Waals surface area contributed by atoms with Crippen molar-refractivity contribution in [2.45, 2.75) is 52.5 Å². The second-order valence-electron chi connectivity index (χ2n) is 11.8. The number of anilines is 2. The van der Waals surface area contributed by atoms with Crippen molar-refractivity contribution in [3.8, 4) is 11.4 Å². The molecule has 1 fully saturated rings. The Kier molecular flexibility index (Phi) is 9.22. The maximum Gasteiger partial charge on any atom is 0.416 e. The molecule has 5 rings (SSSR count). The van der Waals surface area contributed by atoms with E-state index in [9.17, 15) is 13.2 Å². The molecular weight excluding hydrogens is 553 g/mol. The van der Waals surface area contributed by atoms with E-state index in [4.69, 9.17) is 9.97 Å². The van der Waals surface area contributed by atoms with Gasteiger partial charge in [-0.05, 0) is 76.7 Å². The molecule has 11 heteroatoms. The van der Waals surface area contributed by atoms with Crippen molar-refractivity contribution in [2.24, 2.45) is 0 Å². The van der Waals surface area contributed by atoms with Crippen LogP contribution in [0.4, 0.5) is 24.7 Å². The predicted molar refractivity (Wildman–Crippen MR) is 166 cm³/mol. The molecule has 3 heterocycles. The van der Waals surface area contributed by atoms with Crippen molar-refractivity contribution in [1.29, 1.82) is 0 Å². The number of aromatic nitrogens is 4. The topological polar surface area (TPSA) is 65.3 Å². The van der Waals surface area contributed by atoms with Crippen LogP contribution in [0.25, 0.3) is 22.6 Å². The molecule has 4 aromatic rings. The average molecular weight is 595 g/mol. The Hall–Kier alpha value is -3.70. The van der Waals surface area contributed by atoms with E-state index in [2.05, 4.69) is 84.0 Å². The number of rotatable bonds is 10. The normalized spacial score (nSPS) is 14.9. The first kappa shape index (κ1) is 30.7. The Bertz CT molecular complexity index is 1480. The lowest BCUT2D eigenvalue weighted by atomic mass is 10.1. The van der Waals surface area contributed by atoms with Crippen LogP contribution in [0.1, 0.15) is 38.8 Å². The van der Waals surface area contributed by atoms with Gasteiger partial charge in [0.2, 0.25) is 0 Å². The van der Waals surface area contributed by atoms with Crippen molar-refractivity contribution < 1.29 is 13.2 Å². The Balaban J connectivity index is 1.45. The number of piperazine rings is 1. The lowest BCUT2D eigenvalue weighted by molar-refractivity contribution is -0.137. The molecule has 0 saturated carbocycles. The summed E-state index contributed by atoms with van der Waals surface area (Å²) in [6, 6.07) is 14.4. The van der Waals surface area contributed by atoms with Crippen LogP contribution in [0.3, 0.4) is 0 Å². The number of imidazole rings is 1. The van der Waals surface area contributed by atoms with Gasteiger partial charge in [0.15, 0.2) is 17.3 Å². The monoisotopic (exact) mass is 594 g/mol. The number of hydrogen-bond acceptors (Lipinski definition) is 7. The molecule has 1 aliphatic rings. The Labute approximate surface area is 251 Å². The molecule has 0 atom stereocenters. The zero-order chi connectivity index (χ0) is 30.7. The average Bonchev–Trinajstić information content (AvgIpc) is 3.37. The van der Waals surface area contributed by atoms with Crippen LogP contribution in [-0.2, 0) is 12.7 Å². The summed E-state index contributed by atoms with van der Waals surface area (Å²) in [6.45, 7) is 14.6. The van der Waals surface area contributed by atoms with Crippen molar-refractivity contribution >= 4 is 22.7 Å². The molecule has 0 unspecified atom stereocenters. The van der Waals surface area contributed by atoms with Crippen LogP contribution >= 0.6 is 0 Å². The van der Waals surface area contributed by atoms with Crippen molar-refractivity contribution in [1.82, 2.24) is 29.3 Å². The van der Waals surface area contributed by atoms with Gasteiger partial charge in [-0.1, -0.05) is 12.1 Å². The van der Waals surface area contributed by atoms with E-state index in [1.54, 1.807) is 6.33 Å². The summed E-state index contributed by atoms with van der Waals surface area (Å²) in [6.07, 6.45) is -2.69. The Morgan fingerprint density at radius 2 is 1.53 bits per heavy atom. The number of hydrogen-bond donors (Lipinski definition) is 1. The second kappa shape index (κ2) is 12.9. The second-order valence-corrected chi connectivity index (χ2v) is 11.8. The molecule has 0 radical (unpaired) electrons. The van der Waals surface area contributed by atoms with Gasteiger partial charge < -0.3 is 19.7 Å². The largest absolute Gasteiger partial charge is 0.416 e. The number of halogens is 3. The molecule has 8 nitrogen and oxygen atoms in total. The van der Waals surface area contributed by atoms with Gasteiger partial charge in [0.05, 0.1) is 18.4 Å². The third-order valence-corrected chi connectivity index (χ3v) is 8.08. The van der Waals surface area contributed by atoms with Gasteiger partial charge in [0, 0.05) is 62.6 Å². The fraction of sp³-hybridized carbons (Fsp3) is 0.469. The minimum absolute atomic E-state index is 0.335. The smallest absolute Gasteiger partial charge is 0.369 e. The first-order valence-corrected chi connectivity index (χ1v) is 14.9. The number of benzene rings is 2. The number of alkyl halides is 3. The van der Waals surface area contributed by atoms with E-state index >= 15 is 0 Å². The molecule has 43 heavy (non-hydrogen) atoms. The van der Waals surface area contributed by atoms with Gasteiger partial charge in [-0.2, -0.15) is 13.2 Å². The molecular formula is C32H41F3N8. The molecule has 0 bridgehead atoms. The van der Waals surface area contributed by atoms with Crippen LogP contribution in [0.5, 0.6) is 0 Å².